The summed E-state index contributed by atoms with van der Waals surface area (Å²) in [5.74, 6) is -3.11. The van der Waals surface area contributed by atoms with Crippen LogP contribution in [0.1, 0.15) is 53.9 Å². The van der Waals surface area contributed by atoms with E-state index in [0.717, 1.165) is 6.92 Å². The van der Waals surface area contributed by atoms with Gasteiger partial charge in [-0.05, 0) is 62.7 Å². The molecule has 1 heterocycles. The number of carboxylic acids is 1. The molecule has 0 aromatic heterocycles. The molecule has 9 atom stereocenters. The van der Waals surface area contributed by atoms with Crippen molar-refractivity contribution in [1.82, 2.24) is 0 Å². The molecule has 5 rings (SSSR count). The molecule has 0 radical (unpaired) electrons. The number of fused-ring (bicyclic) bond motifs is 7. The van der Waals surface area contributed by atoms with Crippen LogP contribution in [0.5, 0.6) is 0 Å². The number of carbonyl (C=O) groups excluding carboxylic acids is 2. The Labute approximate surface area is 204 Å². The highest BCUT2D eigenvalue weighted by molar-refractivity contribution is 6.01. The van der Waals surface area contributed by atoms with Gasteiger partial charge in [-0.15, -0.1) is 0 Å². The zero-order chi connectivity index (χ0) is 26.1. The molecule has 3 saturated carbocycles. The number of allylic oxidation sites excluding steroid dienone is 4. The summed E-state index contributed by atoms with van der Waals surface area (Å²) in [4.78, 5) is 34.1. The van der Waals surface area contributed by atoms with E-state index in [1.807, 2.05) is 13.8 Å². The molecule has 194 valence electrons. The van der Waals surface area contributed by atoms with Crippen molar-refractivity contribution < 1.29 is 43.6 Å². The molecule has 9 heteroatoms. The number of hydrogen-bond donors (Lipinski definition) is 3. The predicted octanol–water partition coefficient (Wildman–Crippen LogP) is 2.37. The van der Waals surface area contributed by atoms with E-state index >= 15 is 4.39 Å². The summed E-state index contributed by atoms with van der Waals surface area (Å²) in [6, 6.07) is 0. The third kappa shape index (κ3) is 3.65. The van der Waals surface area contributed by atoms with Crippen LogP contribution in [-0.2, 0) is 23.9 Å². The Morgan fingerprint density at radius 3 is 2.43 bits per heavy atom. The summed E-state index contributed by atoms with van der Waals surface area (Å²) < 4.78 is 27.9. The molecule has 0 spiro atoms. The second-order valence-electron chi connectivity index (χ2n) is 11.5. The Hall–Kier alpha value is -1.94. The third-order valence-corrected chi connectivity index (χ3v) is 9.03. The van der Waals surface area contributed by atoms with Gasteiger partial charge in [0.15, 0.2) is 23.0 Å². The Morgan fingerprint density at radius 1 is 1.20 bits per heavy atom. The molecule has 8 nitrogen and oxygen atoms in total. The quantitative estimate of drug-likeness (QED) is 0.533. The lowest BCUT2D eigenvalue weighted by Crippen LogP contribution is -2.64. The molecule has 5 aliphatic rings. The zero-order valence-electron chi connectivity index (χ0n) is 20.8. The number of carboxylic acid groups (broad SMARTS) is 1. The van der Waals surface area contributed by atoms with Crippen molar-refractivity contribution in [3.05, 3.63) is 23.8 Å². The Bertz CT molecular complexity index is 999. The number of rotatable bonds is 2. The fourth-order valence-corrected chi connectivity index (χ4v) is 8.05. The zero-order valence-corrected chi connectivity index (χ0v) is 20.8. The van der Waals surface area contributed by atoms with E-state index in [-0.39, 0.29) is 36.4 Å². The van der Waals surface area contributed by atoms with Crippen molar-refractivity contribution in [2.45, 2.75) is 83.6 Å². The van der Waals surface area contributed by atoms with Gasteiger partial charge < -0.3 is 24.8 Å². The van der Waals surface area contributed by atoms with Gasteiger partial charge in [-0.25, -0.2) is 4.39 Å². The van der Waals surface area contributed by atoms with Crippen LogP contribution in [0.4, 0.5) is 4.39 Å². The molecule has 4 aliphatic carbocycles. The normalized spacial score (nSPS) is 46.9. The number of hydrogen-bond acceptors (Lipinski definition) is 7. The van der Waals surface area contributed by atoms with Gasteiger partial charge in [0.05, 0.1) is 12.2 Å². The van der Waals surface area contributed by atoms with Crippen molar-refractivity contribution in [1.29, 1.82) is 0 Å². The maximum absolute atomic E-state index is 15.4. The first-order valence-corrected chi connectivity index (χ1v) is 12.1. The molecular weight excluding hydrogens is 459 g/mol. The summed E-state index contributed by atoms with van der Waals surface area (Å²) in [5.41, 5.74) is -2.50. The molecule has 0 aromatic rings. The highest BCUT2D eigenvalue weighted by atomic mass is 19.1. The first-order valence-electron chi connectivity index (χ1n) is 12.1. The van der Waals surface area contributed by atoms with Crippen LogP contribution in [-0.4, -0.2) is 69.2 Å². The van der Waals surface area contributed by atoms with E-state index in [1.165, 1.54) is 12.2 Å². The minimum Gasteiger partial charge on any atom is -0.481 e. The molecule has 3 N–H and O–H groups in total. The minimum atomic E-state index is -1.37. The van der Waals surface area contributed by atoms with E-state index in [2.05, 4.69) is 0 Å². The second kappa shape index (κ2) is 8.30. The topological polar surface area (TPSA) is 130 Å². The van der Waals surface area contributed by atoms with E-state index in [9.17, 15) is 19.8 Å². The van der Waals surface area contributed by atoms with Crippen LogP contribution >= 0.6 is 0 Å². The summed E-state index contributed by atoms with van der Waals surface area (Å²) in [5, 5.41) is 28.7. The van der Waals surface area contributed by atoms with Gasteiger partial charge in [0, 0.05) is 23.7 Å². The number of ether oxygens (including phenoxy) is 2. The fraction of sp³-hybridized carbons (Fsp3) is 0.731. The molecule has 35 heavy (non-hydrogen) atoms. The number of alkyl halides is 1. The van der Waals surface area contributed by atoms with Gasteiger partial charge in [-0.1, -0.05) is 19.9 Å². The molecule has 1 saturated heterocycles. The maximum atomic E-state index is 15.4. The molecule has 0 amide bonds. The van der Waals surface area contributed by atoms with Crippen LogP contribution in [0.3, 0.4) is 0 Å². The molecule has 0 unspecified atom stereocenters. The third-order valence-electron chi connectivity index (χ3n) is 9.03. The van der Waals surface area contributed by atoms with Gasteiger partial charge >= 0.3 is 0 Å². The summed E-state index contributed by atoms with van der Waals surface area (Å²) in [7, 11) is 0. The lowest BCUT2D eigenvalue weighted by molar-refractivity contribution is -0.226. The van der Waals surface area contributed by atoms with Gasteiger partial charge in [-0.3, -0.25) is 14.4 Å². The largest absolute Gasteiger partial charge is 0.481 e. The number of halogens is 1. The Kier molecular flexibility index (Phi) is 6.19. The van der Waals surface area contributed by atoms with Gasteiger partial charge in [-0.2, -0.15) is 0 Å². The number of aliphatic hydroxyl groups excluding tert-OH is 2. The lowest BCUT2D eigenvalue weighted by atomic mass is 9.46. The van der Waals surface area contributed by atoms with Crippen molar-refractivity contribution >= 4 is 17.5 Å². The summed E-state index contributed by atoms with van der Waals surface area (Å²) >= 11 is 0. The van der Waals surface area contributed by atoms with Gasteiger partial charge in [0.25, 0.3) is 5.97 Å². The summed E-state index contributed by atoms with van der Waals surface area (Å²) in [6.45, 7) is 7.73. The Balaban J connectivity index is 0.000000672. The number of Topliss-reactive ketones (excluding diaryl/α,β-unsaturated/α-hetero) is 1. The number of ketones is 2. The first kappa shape index (κ1) is 26.1. The molecule has 4 fully saturated rings. The molecule has 0 bridgehead atoms. The van der Waals surface area contributed by atoms with Crippen molar-refractivity contribution in [3.63, 3.8) is 0 Å². The highest BCUT2D eigenvalue weighted by Gasteiger charge is 2.77. The van der Waals surface area contributed by atoms with Crippen LogP contribution < -0.4 is 0 Å². The average molecular weight is 495 g/mol. The fourth-order valence-electron chi connectivity index (χ4n) is 8.05. The SMILES string of the molecule is CC(=O)O.CC1(C)O[C@@H]2C[C@H]3[C@@H]4C[C@H](F)C5=CC(=O)C=C[C@]5(C)[C@H]4[C@@H](O)C[C@]3(C)[C@]2(C(=O)CO)O1. The Morgan fingerprint density at radius 2 is 1.83 bits per heavy atom. The molecular formula is C26H35FO8. The van der Waals surface area contributed by atoms with Crippen LogP contribution in [0, 0.1) is 28.6 Å². The van der Waals surface area contributed by atoms with Crippen LogP contribution in [0.15, 0.2) is 23.8 Å². The van der Waals surface area contributed by atoms with Crippen LogP contribution in [0.25, 0.3) is 0 Å². The standard InChI is InChI=1S/C24H31FO6.C2H4O2/c1-21(2)30-19-9-14-13-8-16(25)15-7-12(27)5-6-22(15,3)20(13)17(28)10-23(14,4)24(19,31-21)18(29)11-26;1-2(3)4/h5-7,13-14,16-17,19-20,26,28H,8-11H2,1-4H3;1H3,(H,3,4)/t13-,14-,16-,17-,19+,20+,22-,23-,24+;/m0./s1. The van der Waals surface area contributed by atoms with Crippen molar-refractivity contribution in [2.75, 3.05) is 6.61 Å². The van der Waals surface area contributed by atoms with E-state index < -0.39 is 59.0 Å². The maximum Gasteiger partial charge on any atom is 0.300 e. The van der Waals surface area contributed by atoms with Crippen molar-refractivity contribution in [2.24, 2.45) is 28.6 Å². The van der Waals surface area contributed by atoms with Gasteiger partial charge in [0.2, 0.25) is 0 Å². The number of carbonyl (C=O) groups is 3. The average Bonchev–Trinajstić information content (AvgIpc) is 3.14. The second-order valence-corrected chi connectivity index (χ2v) is 11.5. The highest BCUT2D eigenvalue weighted by Crippen LogP contribution is 2.70. The van der Waals surface area contributed by atoms with Crippen LogP contribution in [0.2, 0.25) is 0 Å². The van der Waals surface area contributed by atoms with E-state index in [0.29, 0.717) is 12.0 Å². The van der Waals surface area contributed by atoms with E-state index in [4.69, 9.17) is 19.4 Å². The monoisotopic (exact) mass is 494 g/mol. The smallest absolute Gasteiger partial charge is 0.300 e. The minimum absolute atomic E-state index is 0.125. The van der Waals surface area contributed by atoms with E-state index in [1.54, 1.807) is 19.9 Å². The molecule has 0 aromatic carbocycles. The number of aliphatic hydroxyl groups is 2. The first-order chi connectivity index (χ1) is 16.1. The predicted molar refractivity (Wildman–Crippen MR) is 122 cm³/mol. The lowest BCUT2D eigenvalue weighted by Gasteiger charge is -2.60. The van der Waals surface area contributed by atoms with Gasteiger partial charge in [0.1, 0.15) is 12.8 Å². The van der Waals surface area contributed by atoms with Crippen molar-refractivity contribution in [3.8, 4) is 0 Å². The summed E-state index contributed by atoms with van der Waals surface area (Å²) in [6.07, 6.45) is 2.90. The number of aliphatic carboxylic acids is 1. The molecule has 1 aliphatic heterocycles.